The maximum absolute atomic E-state index is 11.7. The van der Waals surface area contributed by atoms with Crippen LogP contribution in [-0.4, -0.2) is 18.6 Å². The minimum absolute atomic E-state index is 0.194. The van der Waals surface area contributed by atoms with Crippen LogP contribution < -0.4 is 11.1 Å². The average Bonchev–Trinajstić information content (AvgIpc) is 2.30. The summed E-state index contributed by atoms with van der Waals surface area (Å²) in [6.07, 6.45) is 0.401. The first kappa shape index (κ1) is 13.8. The standard InChI is InChI=1S/C12H17ClN2O2/c1-3-6-17-8(2)12(16)15-9-4-5-10(13)11(14)7-9/h4-5,7-8H,3,6,14H2,1-2H3,(H,15,16). The molecule has 0 aliphatic heterocycles. The molecule has 0 aromatic heterocycles. The zero-order chi connectivity index (χ0) is 12.8. The number of benzene rings is 1. The number of ether oxygens (including phenoxy) is 1. The van der Waals surface area contributed by atoms with Crippen molar-refractivity contribution in [2.45, 2.75) is 26.4 Å². The lowest BCUT2D eigenvalue weighted by Crippen LogP contribution is -2.28. The van der Waals surface area contributed by atoms with E-state index < -0.39 is 6.10 Å². The third-order valence-electron chi connectivity index (χ3n) is 2.20. The Labute approximate surface area is 106 Å². The van der Waals surface area contributed by atoms with Crippen molar-refractivity contribution in [3.05, 3.63) is 23.2 Å². The molecule has 5 heteroatoms. The molecular weight excluding hydrogens is 240 g/mol. The number of anilines is 2. The van der Waals surface area contributed by atoms with Crippen LogP contribution >= 0.6 is 11.6 Å². The van der Waals surface area contributed by atoms with Gasteiger partial charge in [-0.15, -0.1) is 0 Å². The fourth-order valence-electron chi connectivity index (χ4n) is 1.24. The van der Waals surface area contributed by atoms with Gasteiger partial charge in [0.15, 0.2) is 0 Å². The van der Waals surface area contributed by atoms with E-state index in [1.807, 2.05) is 6.92 Å². The van der Waals surface area contributed by atoms with Gasteiger partial charge in [0, 0.05) is 12.3 Å². The molecule has 1 unspecified atom stereocenters. The number of amides is 1. The Bertz CT molecular complexity index is 396. The summed E-state index contributed by atoms with van der Waals surface area (Å²) in [4.78, 5) is 11.7. The monoisotopic (exact) mass is 256 g/mol. The number of carbonyl (C=O) groups excluding carboxylic acids is 1. The summed E-state index contributed by atoms with van der Waals surface area (Å²) in [6.45, 7) is 4.27. The van der Waals surface area contributed by atoms with Gasteiger partial charge in [-0.1, -0.05) is 18.5 Å². The Morgan fingerprint density at radius 2 is 2.29 bits per heavy atom. The second-order valence-electron chi connectivity index (χ2n) is 3.74. The van der Waals surface area contributed by atoms with E-state index in [1.165, 1.54) is 0 Å². The molecule has 0 radical (unpaired) electrons. The molecule has 94 valence electrons. The highest BCUT2D eigenvalue weighted by atomic mass is 35.5. The van der Waals surface area contributed by atoms with Crippen LogP contribution in [0, 0.1) is 0 Å². The summed E-state index contributed by atoms with van der Waals surface area (Å²) in [6, 6.07) is 4.96. The van der Waals surface area contributed by atoms with Gasteiger partial charge in [-0.3, -0.25) is 4.79 Å². The van der Waals surface area contributed by atoms with E-state index in [4.69, 9.17) is 22.1 Å². The smallest absolute Gasteiger partial charge is 0.253 e. The third-order valence-corrected chi connectivity index (χ3v) is 2.55. The number of rotatable bonds is 5. The summed E-state index contributed by atoms with van der Waals surface area (Å²) in [7, 11) is 0. The first-order valence-corrected chi connectivity index (χ1v) is 5.90. The fourth-order valence-corrected chi connectivity index (χ4v) is 1.35. The summed E-state index contributed by atoms with van der Waals surface area (Å²) in [5.74, 6) is -0.194. The quantitative estimate of drug-likeness (QED) is 0.796. The van der Waals surface area contributed by atoms with Crippen molar-refractivity contribution in [2.75, 3.05) is 17.7 Å². The van der Waals surface area contributed by atoms with Crippen LogP contribution in [-0.2, 0) is 9.53 Å². The van der Waals surface area contributed by atoms with Crippen molar-refractivity contribution in [3.63, 3.8) is 0 Å². The van der Waals surface area contributed by atoms with E-state index in [0.29, 0.717) is 23.0 Å². The summed E-state index contributed by atoms with van der Waals surface area (Å²) >= 11 is 5.79. The highest BCUT2D eigenvalue weighted by Gasteiger charge is 2.13. The number of nitrogens with two attached hydrogens (primary N) is 1. The van der Waals surface area contributed by atoms with Crippen molar-refractivity contribution in [1.29, 1.82) is 0 Å². The molecule has 0 aliphatic rings. The maximum Gasteiger partial charge on any atom is 0.253 e. The van der Waals surface area contributed by atoms with E-state index in [1.54, 1.807) is 25.1 Å². The lowest BCUT2D eigenvalue weighted by molar-refractivity contribution is -0.126. The van der Waals surface area contributed by atoms with Gasteiger partial charge in [0.25, 0.3) is 5.91 Å². The lowest BCUT2D eigenvalue weighted by Gasteiger charge is -2.13. The normalized spacial score (nSPS) is 12.2. The van der Waals surface area contributed by atoms with Gasteiger partial charge < -0.3 is 15.8 Å². The molecule has 17 heavy (non-hydrogen) atoms. The summed E-state index contributed by atoms with van der Waals surface area (Å²) < 4.78 is 5.31. The predicted octanol–water partition coefficient (Wildman–Crippen LogP) is 2.68. The average molecular weight is 257 g/mol. The van der Waals surface area contributed by atoms with Crippen molar-refractivity contribution in [2.24, 2.45) is 0 Å². The van der Waals surface area contributed by atoms with Crippen molar-refractivity contribution >= 4 is 28.9 Å². The number of halogens is 1. The molecule has 1 atom stereocenters. The van der Waals surface area contributed by atoms with E-state index >= 15 is 0 Å². The van der Waals surface area contributed by atoms with Gasteiger partial charge in [0.2, 0.25) is 0 Å². The second-order valence-corrected chi connectivity index (χ2v) is 4.15. The molecule has 0 spiro atoms. The molecule has 0 heterocycles. The second kappa shape index (κ2) is 6.47. The number of carbonyl (C=O) groups is 1. The minimum atomic E-state index is -0.480. The highest BCUT2D eigenvalue weighted by molar-refractivity contribution is 6.33. The first-order chi connectivity index (χ1) is 8.04. The molecular formula is C12H17ClN2O2. The van der Waals surface area contributed by atoms with Crippen molar-refractivity contribution in [3.8, 4) is 0 Å². The van der Waals surface area contributed by atoms with Crippen LogP contribution in [0.2, 0.25) is 5.02 Å². The SMILES string of the molecule is CCCOC(C)C(=O)Nc1ccc(Cl)c(N)c1. The van der Waals surface area contributed by atoms with Crippen LogP contribution in [0.15, 0.2) is 18.2 Å². The molecule has 0 bridgehead atoms. The molecule has 0 saturated heterocycles. The molecule has 1 amide bonds. The summed E-state index contributed by atoms with van der Waals surface area (Å²) in [5.41, 5.74) is 6.69. The van der Waals surface area contributed by atoms with Crippen LogP contribution in [0.25, 0.3) is 0 Å². The number of hydrogen-bond donors (Lipinski definition) is 2. The first-order valence-electron chi connectivity index (χ1n) is 5.52. The van der Waals surface area contributed by atoms with Gasteiger partial charge in [0.05, 0.1) is 10.7 Å². The van der Waals surface area contributed by atoms with E-state index in [2.05, 4.69) is 5.32 Å². The van der Waals surface area contributed by atoms with E-state index in [9.17, 15) is 4.79 Å². The van der Waals surface area contributed by atoms with Gasteiger partial charge in [-0.2, -0.15) is 0 Å². The molecule has 1 aromatic carbocycles. The Hall–Kier alpha value is -1.26. The lowest BCUT2D eigenvalue weighted by atomic mass is 10.2. The van der Waals surface area contributed by atoms with Crippen LogP contribution in [0.5, 0.6) is 0 Å². The van der Waals surface area contributed by atoms with Crippen molar-refractivity contribution < 1.29 is 9.53 Å². The number of hydrogen-bond acceptors (Lipinski definition) is 3. The zero-order valence-corrected chi connectivity index (χ0v) is 10.8. The number of nitrogens with one attached hydrogen (secondary N) is 1. The van der Waals surface area contributed by atoms with Crippen molar-refractivity contribution in [1.82, 2.24) is 0 Å². The molecule has 3 N–H and O–H groups in total. The molecule has 1 aromatic rings. The largest absolute Gasteiger partial charge is 0.397 e. The van der Waals surface area contributed by atoms with E-state index in [-0.39, 0.29) is 5.91 Å². The topological polar surface area (TPSA) is 64.3 Å². The van der Waals surface area contributed by atoms with E-state index in [0.717, 1.165) is 6.42 Å². The zero-order valence-electron chi connectivity index (χ0n) is 10.00. The van der Waals surface area contributed by atoms with Gasteiger partial charge in [-0.05, 0) is 31.5 Å². The summed E-state index contributed by atoms with van der Waals surface area (Å²) in [5, 5.41) is 3.19. The van der Waals surface area contributed by atoms with Gasteiger partial charge >= 0.3 is 0 Å². The minimum Gasteiger partial charge on any atom is -0.397 e. The van der Waals surface area contributed by atoms with Crippen LogP contribution in [0.3, 0.4) is 0 Å². The van der Waals surface area contributed by atoms with Gasteiger partial charge in [0.1, 0.15) is 6.10 Å². The Balaban J connectivity index is 2.58. The van der Waals surface area contributed by atoms with Crippen LogP contribution in [0.1, 0.15) is 20.3 Å². The Morgan fingerprint density at radius 1 is 1.59 bits per heavy atom. The highest BCUT2D eigenvalue weighted by Crippen LogP contribution is 2.22. The van der Waals surface area contributed by atoms with Gasteiger partial charge in [-0.25, -0.2) is 0 Å². The number of nitrogen functional groups attached to an aromatic ring is 1. The molecule has 0 saturated carbocycles. The molecule has 4 nitrogen and oxygen atoms in total. The Morgan fingerprint density at radius 3 is 2.88 bits per heavy atom. The molecule has 1 rings (SSSR count). The molecule has 0 aliphatic carbocycles. The Kier molecular flexibility index (Phi) is 5.25. The maximum atomic E-state index is 11.7. The molecule has 0 fully saturated rings. The van der Waals surface area contributed by atoms with Crippen LogP contribution in [0.4, 0.5) is 11.4 Å². The third kappa shape index (κ3) is 4.24. The predicted molar refractivity (Wildman–Crippen MR) is 70.2 cm³/mol. The fraction of sp³-hybridized carbons (Fsp3) is 0.417.